The molecule has 3 aromatic rings. The average molecular weight is 450 g/mol. The van der Waals surface area contributed by atoms with E-state index in [4.69, 9.17) is 37.8 Å². The normalized spacial score (nSPS) is 10.5. The Kier molecular flexibility index (Phi) is 7.03. The third-order valence-electron chi connectivity index (χ3n) is 4.35. The summed E-state index contributed by atoms with van der Waals surface area (Å²) >= 11 is 12.1. The fourth-order valence-corrected chi connectivity index (χ4v) is 3.29. The van der Waals surface area contributed by atoms with Gasteiger partial charge in [0.1, 0.15) is 12.4 Å². The van der Waals surface area contributed by atoms with Crippen molar-refractivity contribution in [2.45, 2.75) is 13.2 Å². The summed E-state index contributed by atoms with van der Waals surface area (Å²) in [6.07, 6.45) is 0. The number of nitrogens with one attached hydrogen (secondary N) is 1. The molecule has 0 unspecified atom stereocenters. The van der Waals surface area contributed by atoms with Crippen LogP contribution in [0.1, 0.15) is 21.5 Å². The predicted molar refractivity (Wildman–Crippen MR) is 114 cm³/mol. The summed E-state index contributed by atoms with van der Waals surface area (Å²) < 4.78 is 24.6. The molecule has 0 fully saturated rings. The summed E-state index contributed by atoms with van der Waals surface area (Å²) in [5.41, 5.74) is 2.12. The van der Waals surface area contributed by atoms with Crippen molar-refractivity contribution in [1.82, 2.24) is 0 Å². The number of aromatic carboxylic acids is 1. The molecule has 0 aliphatic carbocycles. The quantitative estimate of drug-likeness (QED) is 0.439. The van der Waals surface area contributed by atoms with Crippen LogP contribution in [-0.2, 0) is 13.2 Å². The lowest BCUT2D eigenvalue weighted by atomic mass is 10.1. The van der Waals surface area contributed by atoms with E-state index in [-0.39, 0.29) is 22.2 Å². The molecule has 0 spiro atoms. The van der Waals surface area contributed by atoms with Gasteiger partial charge < -0.3 is 19.9 Å². The van der Waals surface area contributed by atoms with Crippen molar-refractivity contribution in [1.29, 1.82) is 0 Å². The Bertz CT molecular complexity index is 1070. The van der Waals surface area contributed by atoms with Crippen LogP contribution in [-0.4, -0.2) is 18.2 Å². The van der Waals surface area contributed by atoms with Gasteiger partial charge in [-0.25, -0.2) is 9.18 Å². The van der Waals surface area contributed by atoms with Crippen LogP contribution < -0.4 is 14.8 Å². The summed E-state index contributed by atoms with van der Waals surface area (Å²) in [4.78, 5) is 11.1. The SMILES string of the molecule is COc1cccc(CNc2ccc(C(=O)O)c(Cl)c2)c1OCc1ccc(F)cc1Cl. The smallest absolute Gasteiger partial charge is 0.337 e. The zero-order chi connectivity index (χ0) is 21.7. The molecule has 0 aliphatic heterocycles. The fourth-order valence-electron chi connectivity index (χ4n) is 2.81. The van der Waals surface area contributed by atoms with Crippen LogP contribution in [0.25, 0.3) is 0 Å². The second-order valence-corrected chi connectivity index (χ2v) is 7.14. The molecule has 0 aliphatic rings. The van der Waals surface area contributed by atoms with Gasteiger partial charge in [0.15, 0.2) is 11.5 Å². The van der Waals surface area contributed by atoms with Crippen LogP contribution in [0.4, 0.5) is 10.1 Å². The number of para-hydroxylation sites is 1. The number of hydrogen-bond donors (Lipinski definition) is 2. The fraction of sp³-hybridized carbons (Fsp3) is 0.136. The molecule has 0 aromatic heterocycles. The maximum atomic E-state index is 13.3. The first kappa shape index (κ1) is 21.7. The summed E-state index contributed by atoms with van der Waals surface area (Å²) in [6.45, 7) is 0.498. The van der Waals surface area contributed by atoms with E-state index in [1.807, 2.05) is 12.1 Å². The lowest BCUT2D eigenvalue weighted by Crippen LogP contribution is -2.06. The highest BCUT2D eigenvalue weighted by Crippen LogP contribution is 2.33. The van der Waals surface area contributed by atoms with E-state index in [0.29, 0.717) is 29.3 Å². The highest BCUT2D eigenvalue weighted by molar-refractivity contribution is 6.33. The van der Waals surface area contributed by atoms with Crippen molar-refractivity contribution in [3.63, 3.8) is 0 Å². The molecule has 8 heteroatoms. The molecule has 0 bridgehead atoms. The zero-order valence-corrected chi connectivity index (χ0v) is 17.4. The number of rotatable bonds is 8. The first-order chi connectivity index (χ1) is 14.4. The number of anilines is 1. The van der Waals surface area contributed by atoms with Crippen molar-refractivity contribution < 1.29 is 23.8 Å². The van der Waals surface area contributed by atoms with Gasteiger partial charge in [0.25, 0.3) is 0 Å². The maximum Gasteiger partial charge on any atom is 0.337 e. The highest BCUT2D eigenvalue weighted by atomic mass is 35.5. The summed E-state index contributed by atoms with van der Waals surface area (Å²) in [5, 5.41) is 12.7. The Hall–Kier alpha value is -2.96. The number of halogens is 3. The lowest BCUT2D eigenvalue weighted by molar-refractivity contribution is 0.0697. The van der Waals surface area contributed by atoms with Gasteiger partial charge in [0.2, 0.25) is 0 Å². The number of carboxylic acids is 1. The van der Waals surface area contributed by atoms with Crippen LogP contribution >= 0.6 is 23.2 Å². The van der Waals surface area contributed by atoms with Gasteiger partial charge in [0.05, 0.1) is 22.7 Å². The molecule has 3 aromatic carbocycles. The highest BCUT2D eigenvalue weighted by Gasteiger charge is 2.13. The molecule has 2 N–H and O–H groups in total. The largest absolute Gasteiger partial charge is 0.493 e. The summed E-state index contributed by atoms with van der Waals surface area (Å²) in [5.74, 6) is -0.457. The average Bonchev–Trinajstić information content (AvgIpc) is 2.71. The Morgan fingerprint density at radius 2 is 1.87 bits per heavy atom. The van der Waals surface area contributed by atoms with Crippen molar-refractivity contribution in [2.75, 3.05) is 12.4 Å². The second kappa shape index (κ2) is 9.69. The van der Waals surface area contributed by atoms with Crippen molar-refractivity contribution in [2.24, 2.45) is 0 Å². The van der Waals surface area contributed by atoms with Crippen molar-refractivity contribution in [3.8, 4) is 11.5 Å². The van der Waals surface area contributed by atoms with E-state index in [9.17, 15) is 9.18 Å². The van der Waals surface area contributed by atoms with E-state index >= 15 is 0 Å². The molecule has 5 nitrogen and oxygen atoms in total. The van der Waals surface area contributed by atoms with Gasteiger partial charge in [-0.2, -0.15) is 0 Å². The van der Waals surface area contributed by atoms with Crippen LogP contribution in [0.3, 0.4) is 0 Å². The summed E-state index contributed by atoms with van der Waals surface area (Å²) in [6, 6.07) is 14.2. The first-order valence-corrected chi connectivity index (χ1v) is 9.64. The number of carbonyl (C=O) groups is 1. The molecule has 3 rings (SSSR count). The van der Waals surface area contributed by atoms with E-state index in [1.54, 1.807) is 24.3 Å². The topological polar surface area (TPSA) is 67.8 Å². The van der Waals surface area contributed by atoms with E-state index in [1.165, 1.54) is 25.3 Å². The van der Waals surface area contributed by atoms with Crippen LogP contribution in [0, 0.1) is 5.82 Å². The monoisotopic (exact) mass is 449 g/mol. The zero-order valence-electron chi connectivity index (χ0n) is 15.9. The molecular formula is C22H18Cl2FNO4. The van der Waals surface area contributed by atoms with Crippen molar-refractivity contribution in [3.05, 3.63) is 87.2 Å². The third kappa shape index (κ3) is 5.14. The molecular weight excluding hydrogens is 432 g/mol. The van der Waals surface area contributed by atoms with Gasteiger partial charge >= 0.3 is 5.97 Å². The maximum absolute atomic E-state index is 13.3. The van der Waals surface area contributed by atoms with Gasteiger partial charge in [-0.05, 0) is 36.4 Å². The molecule has 0 saturated carbocycles. The molecule has 0 radical (unpaired) electrons. The Balaban J connectivity index is 1.78. The van der Waals surface area contributed by atoms with Crippen LogP contribution in [0.15, 0.2) is 54.6 Å². The van der Waals surface area contributed by atoms with Crippen LogP contribution in [0.5, 0.6) is 11.5 Å². The molecule has 156 valence electrons. The van der Waals surface area contributed by atoms with Gasteiger partial charge in [-0.15, -0.1) is 0 Å². The van der Waals surface area contributed by atoms with Crippen LogP contribution in [0.2, 0.25) is 10.0 Å². The second-order valence-electron chi connectivity index (χ2n) is 6.33. The Labute approximate surface area is 183 Å². The van der Waals surface area contributed by atoms with Gasteiger partial charge in [-0.1, -0.05) is 41.4 Å². The van der Waals surface area contributed by atoms with Gasteiger partial charge in [0, 0.05) is 23.4 Å². The number of ether oxygens (including phenoxy) is 2. The lowest BCUT2D eigenvalue weighted by Gasteiger charge is -2.17. The minimum atomic E-state index is -1.09. The number of benzene rings is 3. The number of methoxy groups -OCH3 is 1. The molecule has 0 saturated heterocycles. The Morgan fingerprint density at radius 1 is 1.07 bits per heavy atom. The minimum absolute atomic E-state index is 0.0313. The van der Waals surface area contributed by atoms with E-state index in [2.05, 4.69) is 5.32 Å². The minimum Gasteiger partial charge on any atom is -0.493 e. The standard InChI is InChI=1S/C22H18Cl2FNO4/c1-29-20-4-2-3-13(11-26-16-7-8-17(22(27)28)19(24)10-16)21(20)30-12-14-5-6-15(25)9-18(14)23/h2-10,26H,11-12H2,1H3,(H,27,28). The number of carboxylic acid groups (broad SMARTS) is 1. The third-order valence-corrected chi connectivity index (χ3v) is 5.01. The van der Waals surface area contributed by atoms with Crippen molar-refractivity contribution >= 4 is 34.9 Å². The molecule has 0 atom stereocenters. The first-order valence-electron chi connectivity index (χ1n) is 8.88. The van der Waals surface area contributed by atoms with E-state index in [0.717, 1.165) is 5.56 Å². The predicted octanol–water partition coefficient (Wildman–Crippen LogP) is 6.03. The van der Waals surface area contributed by atoms with Gasteiger partial charge in [-0.3, -0.25) is 0 Å². The Morgan fingerprint density at radius 3 is 2.53 bits per heavy atom. The molecule has 0 amide bonds. The summed E-state index contributed by atoms with van der Waals surface area (Å²) in [7, 11) is 1.54. The number of hydrogen-bond acceptors (Lipinski definition) is 4. The molecule has 0 heterocycles. The van der Waals surface area contributed by atoms with E-state index < -0.39 is 11.8 Å². The molecule has 30 heavy (non-hydrogen) atoms.